The Balaban J connectivity index is 1.87. The van der Waals surface area contributed by atoms with Crippen molar-refractivity contribution in [2.24, 2.45) is 0 Å². The first-order valence-corrected chi connectivity index (χ1v) is 9.18. The Hall–Kier alpha value is -2.80. The van der Waals surface area contributed by atoms with Crippen LogP contribution in [0.15, 0.2) is 53.4 Å². The average molecular weight is 357 g/mol. The molecule has 25 heavy (non-hydrogen) atoms. The van der Waals surface area contributed by atoms with E-state index in [4.69, 9.17) is 4.74 Å². The predicted molar refractivity (Wildman–Crippen MR) is 97.3 cm³/mol. The molecule has 0 atom stereocenters. The first-order chi connectivity index (χ1) is 11.9. The highest BCUT2D eigenvalue weighted by Gasteiger charge is 2.17. The van der Waals surface area contributed by atoms with Crippen molar-refractivity contribution >= 4 is 15.8 Å². The number of sulfonamides is 1. The molecule has 0 unspecified atom stereocenters. The fourth-order valence-corrected chi connectivity index (χ4v) is 3.68. The molecule has 2 N–H and O–H groups in total. The maximum Gasteiger partial charge on any atom is 0.263 e. The summed E-state index contributed by atoms with van der Waals surface area (Å²) >= 11 is 0. The molecular formula is C18H19N3O3S. The summed E-state index contributed by atoms with van der Waals surface area (Å²) in [5.74, 6) is 0.882. The van der Waals surface area contributed by atoms with Crippen LogP contribution in [0, 0.1) is 13.8 Å². The second kappa shape index (κ2) is 6.60. The molecule has 130 valence electrons. The van der Waals surface area contributed by atoms with Gasteiger partial charge in [-0.05, 0) is 43.2 Å². The molecule has 0 bridgehead atoms. The number of nitrogens with zero attached hydrogens (tertiary/aromatic N) is 1. The topological polar surface area (TPSA) is 84.1 Å². The van der Waals surface area contributed by atoms with E-state index in [-0.39, 0.29) is 10.7 Å². The van der Waals surface area contributed by atoms with Crippen LogP contribution in [0.1, 0.15) is 11.1 Å². The van der Waals surface area contributed by atoms with Crippen molar-refractivity contribution in [2.75, 3.05) is 11.8 Å². The van der Waals surface area contributed by atoms with E-state index in [2.05, 4.69) is 14.9 Å². The molecule has 1 aromatic heterocycles. The van der Waals surface area contributed by atoms with Crippen LogP contribution in [0.5, 0.6) is 5.75 Å². The number of nitrogens with one attached hydrogen (secondary N) is 2. The molecule has 0 saturated heterocycles. The average Bonchev–Trinajstić information content (AvgIpc) is 3.02. The predicted octanol–water partition coefficient (Wildman–Crippen LogP) is 3.50. The van der Waals surface area contributed by atoms with Crippen molar-refractivity contribution < 1.29 is 13.2 Å². The molecule has 2 aromatic carbocycles. The molecule has 3 aromatic rings. The Morgan fingerprint density at radius 1 is 1.04 bits per heavy atom. The van der Waals surface area contributed by atoms with Gasteiger partial charge in [0.25, 0.3) is 10.0 Å². The van der Waals surface area contributed by atoms with E-state index in [0.29, 0.717) is 5.75 Å². The summed E-state index contributed by atoms with van der Waals surface area (Å²) in [7, 11) is -2.18. The number of aromatic amines is 1. The molecule has 0 spiro atoms. The quantitative estimate of drug-likeness (QED) is 0.732. The standard InChI is InChI=1S/C18H19N3O3S/c1-12-6-4-5-7-15(12)16-11-18(20-19-16)21-25(22,23)14-8-9-17(24-3)13(2)10-14/h4-11H,1-3H3,(H2,19,20,21). The molecule has 0 fully saturated rings. The zero-order chi connectivity index (χ0) is 18.0. The van der Waals surface area contributed by atoms with Gasteiger partial charge in [-0.2, -0.15) is 5.10 Å². The van der Waals surface area contributed by atoms with Gasteiger partial charge in [0.15, 0.2) is 5.82 Å². The summed E-state index contributed by atoms with van der Waals surface area (Å²) in [5, 5.41) is 6.93. The van der Waals surface area contributed by atoms with Crippen molar-refractivity contribution in [3.05, 3.63) is 59.7 Å². The lowest BCUT2D eigenvalue weighted by Crippen LogP contribution is -2.13. The minimum atomic E-state index is -3.73. The number of benzene rings is 2. The maximum absolute atomic E-state index is 12.6. The number of aryl methyl sites for hydroxylation is 2. The van der Waals surface area contributed by atoms with Crippen LogP contribution in [0.25, 0.3) is 11.3 Å². The minimum absolute atomic E-state index is 0.159. The Morgan fingerprint density at radius 3 is 2.48 bits per heavy atom. The van der Waals surface area contributed by atoms with Gasteiger partial charge in [-0.3, -0.25) is 9.82 Å². The van der Waals surface area contributed by atoms with E-state index in [9.17, 15) is 8.42 Å². The van der Waals surface area contributed by atoms with Crippen LogP contribution < -0.4 is 9.46 Å². The summed E-state index contributed by atoms with van der Waals surface area (Å²) in [6, 6.07) is 14.2. The van der Waals surface area contributed by atoms with Gasteiger partial charge in [-0.1, -0.05) is 24.3 Å². The number of H-pyrrole nitrogens is 1. The van der Waals surface area contributed by atoms with E-state index in [1.165, 1.54) is 6.07 Å². The van der Waals surface area contributed by atoms with Gasteiger partial charge in [0.2, 0.25) is 0 Å². The third kappa shape index (κ3) is 3.51. The number of aromatic nitrogens is 2. The summed E-state index contributed by atoms with van der Waals surface area (Å²) < 4.78 is 32.8. The fourth-order valence-electron chi connectivity index (χ4n) is 2.60. The van der Waals surface area contributed by atoms with E-state index in [0.717, 1.165) is 22.4 Å². The molecule has 3 rings (SSSR count). The van der Waals surface area contributed by atoms with Gasteiger partial charge < -0.3 is 4.74 Å². The van der Waals surface area contributed by atoms with E-state index in [1.807, 2.05) is 31.2 Å². The third-order valence-electron chi connectivity index (χ3n) is 3.93. The first kappa shape index (κ1) is 17.0. The lowest BCUT2D eigenvalue weighted by molar-refractivity contribution is 0.411. The van der Waals surface area contributed by atoms with Crippen molar-refractivity contribution in [1.29, 1.82) is 0 Å². The van der Waals surface area contributed by atoms with Crippen molar-refractivity contribution in [2.45, 2.75) is 18.7 Å². The summed E-state index contributed by atoms with van der Waals surface area (Å²) in [4.78, 5) is 0.159. The number of hydrogen-bond acceptors (Lipinski definition) is 4. The Kier molecular flexibility index (Phi) is 4.50. The van der Waals surface area contributed by atoms with Gasteiger partial charge in [0.05, 0.1) is 17.7 Å². The van der Waals surface area contributed by atoms with E-state index < -0.39 is 10.0 Å². The fraction of sp³-hybridized carbons (Fsp3) is 0.167. The molecule has 1 heterocycles. The molecule has 0 amide bonds. The highest BCUT2D eigenvalue weighted by Crippen LogP contribution is 2.26. The molecule has 0 radical (unpaired) electrons. The van der Waals surface area contributed by atoms with E-state index >= 15 is 0 Å². The van der Waals surface area contributed by atoms with Crippen LogP contribution in [0.3, 0.4) is 0 Å². The van der Waals surface area contributed by atoms with Crippen LogP contribution in [-0.4, -0.2) is 25.7 Å². The smallest absolute Gasteiger partial charge is 0.263 e. The number of rotatable bonds is 5. The van der Waals surface area contributed by atoms with Gasteiger partial charge in [-0.15, -0.1) is 0 Å². The first-order valence-electron chi connectivity index (χ1n) is 7.69. The monoisotopic (exact) mass is 357 g/mol. The van der Waals surface area contributed by atoms with Crippen LogP contribution in [0.4, 0.5) is 5.82 Å². The van der Waals surface area contributed by atoms with E-state index in [1.54, 1.807) is 32.2 Å². The van der Waals surface area contributed by atoms with Crippen molar-refractivity contribution in [3.8, 4) is 17.0 Å². The number of ether oxygens (including phenoxy) is 1. The number of methoxy groups -OCH3 is 1. The Bertz CT molecular complexity index is 1010. The molecule has 0 aliphatic carbocycles. The second-order valence-electron chi connectivity index (χ2n) is 5.72. The molecule has 0 aliphatic rings. The zero-order valence-corrected chi connectivity index (χ0v) is 15.0. The van der Waals surface area contributed by atoms with Crippen LogP contribution in [0.2, 0.25) is 0 Å². The van der Waals surface area contributed by atoms with Crippen LogP contribution in [-0.2, 0) is 10.0 Å². The maximum atomic E-state index is 12.6. The molecular weight excluding hydrogens is 338 g/mol. The van der Waals surface area contributed by atoms with Crippen LogP contribution >= 0.6 is 0 Å². The lowest BCUT2D eigenvalue weighted by atomic mass is 10.1. The number of anilines is 1. The highest BCUT2D eigenvalue weighted by atomic mass is 32.2. The Morgan fingerprint density at radius 2 is 1.80 bits per heavy atom. The highest BCUT2D eigenvalue weighted by molar-refractivity contribution is 7.92. The second-order valence-corrected chi connectivity index (χ2v) is 7.40. The van der Waals surface area contributed by atoms with Gasteiger partial charge in [-0.25, -0.2) is 8.42 Å². The van der Waals surface area contributed by atoms with Crippen molar-refractivity contribution in [1.82, 2.24) is 10.2 Å². The third-order valence-corrected chi connectivity index (χ3v) is 5.28. The largest absolute Gasteiger partial charge is 0.496 e. The normalized spacial score (nSPS) is 11.3. The molecule has 0 aliphatic heterocycles. The summed E-state index contributed by atoms with van der Waals surface area (Å²) in [6.07, 6.45) is 0. The van der Waals surface area contributed by atoms with Crippen molar-refractivity contribution in [3.63, 3.8) is 0 Å². The van der Waals surface area contributed by atoms with Gasteiger partial charge in [0, 0.05) is 11.6 Å². The van der Waals surface area contributed by atoms with Gasteiger partial charge in [0.1, 0.15) is 5.75 Å². The minimum Gasteiger partial charge on any atom is -0.496 e. The summed E-state index contributed by atoms with van der Waals surface area (Å²) in [5.41, 5.74) is 3.54. The summed E-state index contributed by atoms with van der Waals surface area (Å²) in [6.45, 7) is 3.78. The number of hydrogen-bond donors (Lipinski definition) is 2. The SMILES string of the molecule is COc1ccc(S(=O)(=O)Nc2cc(-c3ccccc3C)[nH]n2)cc1C. The van der Waals surface area contributed by atoms with Gasteiger partial charge >= 0.3 is 0 Å². The zero-order valence-electron chi connectivity index (χ0n) is 14.2. The molecule has 7 heteroatoms. The lowest BCUT2D eigenvalue weighted by Gasteiger charge is -2.08. The Labute approximate surface area is 146 Å². The molecule has 0 saturated carbocycles. The molecule has 6 nitrogen and oxygen atoms in total.